The number of nitrogens with zero attached hydrogens (tertiary/aromatic N) is 2. The van der Waals surface area contributed by atoms with Crippen molar-refractivity contribution in [2.45, 2.75) is 0 Å². The first kappa shape index (κ1) is 8.53. The van der Waals surface area contributed by atoms with Gasteiger partial charge in [0.25, 0.3) is 5.35 Å². The molecule has 66 valence electrons. The fourth-order valence-electron chi connectivity index (χ4n) is 0.942. The summed E-state index contributed by atoms with van der Waals surface area (Å²) in [4.78, 5) is 7.60. The summed E-state index contributed by atoms with van der Waals surface area (Å²) >= 11 is 11.2. The predicted octanol–water partition coefficient (Wildman–Crippen LogP) is 3.04. The number of hydrogen-bond donors (Lipinski definition) is 0. The van der Waals surface area contributed by atoms with Crippen LogP contribution >= 0.6 is 23.2 Å². The third-order valence-corrected chi connectivity index (χ3v) is 1.87. The van der Waals surface area contributed by atoms with E-state index in [1.54, 1.807) is 18.3 Å². The monoisotopic (exact) mass is 214 g/mol. The SMILES string of the molecule is Clc1cc(-c2cnc(Cl)o2)ccn1. The molecule has 2 aromatic heterocycles. The number of aromatic nitrogens is 2. The molecule has 2 aromatic rings. The van der Waals surface area contributed by atoms with Gasteiger partial charge in [0.2, 0.25) is 0 Å². The molecule has 5 heteroatoms. The van der Waals surface area contributed by atoms with Gasteiger partial charge in [0.15, 0.2) is 5.76 Å². The van der Waals surface area contributed by atoms with E-state index in [-0.39, 0.29) is 5.35 Å². The van der Waals surface area contributed by atoms with Crippen LogP contribution in [-0.4, -0.2) is 9.97 Å². The van der Waals surface area contributed by atoms with Crippen LogP contribution in [0.1, 0.15) is 0 Å². The first-order chi connectivity index (χ1) is 6.25. The molecular weight excluding hydrogens is 211 g/mol. The van der Waals surface area contributed by atoms with Crippen molar-refractivity contribution in [3.63, 3.8) is 0 Å². The van der Waals surface area contributed by atoms with Gasteiger partial charge in [-0.3, -0.25) is 0 Å². The van der Waals surface area contributed by atoms with Gasteiger partial charge in [-0.1, -0.05) is 11.6 Å². The van der Waals surface area contributed by atoms with Crippen LogP contribution in [0.3, 0.4) is 0 Å². The molecule has 2 heterocycles. The van der Waals surface area contributed by atoms with E-state index in [1.165, 1.54) is 6.20 Å². The van der Waals surface area contributed by atoms with Gasteiger partial charge >= 0.3 is 0 Å². The second-order valence-electron chi connectivity index (χ2n) is 2.34. The summed E-state index contributed by atoms with van der Waals surface area (Å²) in [6.45, 7) is 0. The zero-order valence-corrected chi connectivity index (χ0v) is 7.88. The molecule has 0 N–H and O–H groups in total. The lowest BCUT2D eigenvalue weighted by atomic mass is 10.2. The van der Waals surface area contributed by atoms with E-state index in [2.05, 4.69) is 9.97 Å². The highest BCUT2D eigenvalue weighted by Gasteiger charge is 2.04. The topological polar surface area (TPSA) is 38.9 Å². The molecule has 0 fully saturated rings. The van der Waals surface area contributed by atoms with Crippen LogP contribution in [0.25, 0.3) is 11.3 Å². The number of pyridine rings is 1. The molecule has 13 heavy (non-hydrogen) atoms. The number of oxazole rings is 1. The predicted molar refractivity (Wildman–Crippen MR) is 49.8 cm³/mol. The van der Waals surface area contributed by atoms with Crippen molar-refractivity contribution in [1.29, 1.82) is 0 Å². The summed E-state index contributed by atoms with van der Waals surface area (Å²) in [6, 6.07) is 3.45. The van der Waals surface area contributed by atoms with E-state index in [9.17, 15) is 0 Å². The quantitative estimate of drug-likeness (QED) is 0.686. The van der Waals surface area contributed by atoms with Gasteiger partial charge in [0.05, 0.1) is 6.20 Å². The molecule has 0 amide bonds. The number of hydrogen-bond acceptors (Lipinski definition) is 3. The van der Waals surface area contributed by atoms with Gasteiger partial charge in [-0.25, -0.2) is 9.97 Å². The average molecular weight is 215 g/mol. The minimum Gasteiger partial charge on any atom is -0.428 e. The second-order valence-corrected chi connectivity index (χ2v) is 3.06. The molecule has 0 saturated carbocycles. The van der Waals surface area contributed by atoms with Crippen molar-refractivity contribution >= 4 is 23.2 Å². The molecular formula is C8H4Cl2N2O. The Hall–Kier alpha value is -1.06. The van der Waals surface area contributed by atoms with Crippen LogP contribution < -0.4 is 0 Å². The van der Waals surface area contributed by atoms with Gasteiger partial charge in [0.1, 0.15) is 5.15 Å². The van der Waals surface area contributed by atoms with Crippen molar-refractivity contribution < 1.29 is 4.42 Å². The molecule has 0 unspecified atom stereocenters. The van der Waals surface area contributed by atoms with Crippen LogP contribution in [0.15, 0.2) is 28.9 Å². The summed E-state index contributed by atoms with van der Waals surface area (Å²) in [6.07, 6.45) is 3.13. The molecule has 0 atom stereocenters. The smallest absolute Gasteiger partial charge is 0.292 e. The van der Waals surface area contributed by atoms with E-state index >= 15 is 0 Å². The second kappa shape index (κ2) is 3.36. The molecule has 0 spiro atoms. The van der Waals surface area contributed by atoms with E-state index in [4.69, 9.17) is 27.6 Å². The van der Waals surface area contributed by atoms with Gasteiger partial charge in [-0.2, -0.15) is 0 Å². The molecule has 0 aliphatic carbocycles. The Kier molecular flexibility index (Phi) is 2.20. The Morgan fingerprint density at radius 1 is 1.23 bits per heavy atom. The van der Waals surface area contributed by atoms with Crippen molar-refractivity contribution in [1.82, 2.24) is 9.97 Å². The zero-order chi connectivity index (χ0) is 9.26. The van der Waals surface area contributed by atoms with Crippen molar-refractivity contribution in [3.8, 4) is 11.3 Å². The molecule has 0 bridgehead atoms. The van der Waals surface area contributed by atoms with Crippen LogP contribution in [-0.2, 0) is 0 Å². The highest BCUT2D eigenvalue weighted by molar-refractivity contribution is 6.29. The number of rotatable bonds is 1. The summed E-state index contributed by atoms with van der Waals surface area (Å²) < 4.78 is 5.09. The Labute approximate surface area is 84.3 Å². The third kappa shape index (κ3) is 1.82. The normalized spacial score (nSPS) is 10.3. The van der Waals surface area contributed by atoms with E-state index in [0.717, 1.165) is 5.56 Å². The van der Waals surface area contributed by atoms with Crippen LogP contribution in [0.4, 0.5) is 0 Å². The van der Waals surface area contributed by atoms with Crippen LogP contribution in [0, 0.1) is 0 Å². The summed E-state index contributed by atoms with van der Waals surface area (Å²) in [5.41, 5.74) is 0.805. The maximum Gasteiger partial charge on any atom is 0.292 e. The largest absolute Gasteiger partial charge is 0.428 e. The summed E-state index contributed by atoms with van der Waals surface area (Å²) in [5.74, 6) is 0.578. The minimum absolute atomic E-state index is 0.114. The first-order valence-corrected chi connectivity index (χ1v) is 4.24. The van der Waals surface area contributed by atoms with Crippen molar-refractivity contribution in [2.75, 3.05) is 0 Å². The van der Waals surface area contributed by atoms with Gasteiger partial charge in [-0.05, 0) is 23.7 Å². The fourth-order valence-corrected chi connectivity index (χ4v) is 1.25. The van der Waals surface area contributed by atoms with Gasteiger partial charge in [0, 0.05) is 11.8 Å². The van der Waals surface area contributed by atoms with Gasteiger partial charge < -0.3 is 4.42 Å². The lowest BCUT2D eigenvalue weighted by Gasteiger charge is -1.94. The molecule has 0 aliphatic rings. The minimum atomic E-state index is 0.114. The van der Waals surface area contributed by atoms with Crippen molar-refractivity contribution in [2.24, 2.45) is 0 Å². The lowest BCUT2D eigenvalue weighted by Crippen LogP contribution is -1.76. The highest BCUT2D eigenvalue weighted by Crippen LogP contribution is 2.23. The molecule has 0 aromatic carbocycles. The Morgan fingerprint density at radius 3 is 2.69 bits per heavy atom. The van der Waals surface area contributed by atoms with E-state index < -0.39 is 0 Å². The Bertz CT molecular complexity index is 428. The molecule has 3 nitrogen and oxygen atoms in total. The van der Waals surface area contributed by atoms with E-state index in [0.29, 0.717) is 10.9 Å². The summed E-state index contributed by atoms with van der Waals surface area (Å²) in [5, 5.41) is 0.521. The lowest BCUT2D eigenvalue weighted by molar-refractivity contribution is 0.574. The first-order valence-electron chi connectivity index (χ1n) is 3.49. The molecule has 0 saturated heterocycles. The third-order valence-electron chi connectivity index (χ3n) is 1.49. The van der Waals surface area contributed by atoms with E-state index in [1.807, 2.05) is 0 Å². The average Bonchev–Trinajstić information content (AvgIpc) is 2.52. The highest BCUT2D eigenvalue weighted by atomic mass is 35.5. The Balaban J connectivity index is 2.46. The summed E-state index contributed by atoms with van der Waals surface area (Å²) in [7, 11) is 0. The maximum atomic E-state index is 5.70. The fraction of sp³-hybridized carbons (Fsp3) is 0. The van der Waals surface area contributed by atoms with Crippen LogP contribution in [0.5, 0.6) is 0 Å². The zero-order valence-electron chi connectivity index (χ0n) is 6.37. The molecule has 2 rings (SSSR count). The van der Waals surface area contributed by atoms with Crippen molar-refractivity contribution in [3.05, 3.63) is 35.0 Å². The maximum absolute atomic E-state index is 5.70. The molecule has 0 aliphatic heterocycles. The molecule has 0 radical (unpaired) electrons. The number of halogens is 2. The standard InChI is InChI=1S/C8H4Cl2N2O/c9-7-3-5(1-2-11-7)6-4-12-8(10)13-6/h1-4H. The van der Waals surface area contributed by atoms with Gasteiger partial charge in [-0.15, -0.1) is 0 Å². The Morgan fingerprint density at radius 2 is 2.08 bits per heavy atom. The van der Waals surface area contributed by atoms with Crippen LogP contribution in [0.2, 0.25) is 10.5 Å².